The minimum atomic E-state index is -4.82. The van der Waals surface area contributed by atoms with Gasteiger partial charge in [-0.25, -0.2) is 0 Å². The third-order valence-corrected chi connectivity index (χ3v) is 3.88. The largest absolute Gasteiger partial charge is 0.573 e. The van der Waals surface area contributed by atoms with Crippen molar-refractivity contribution in [3.05, 3.63) is 59.1 Å². The Hall–Kier alpha value is -2.78. The first-order valence-corrected chi connectivity index (χ1v) is 8.29. The Morgan fingerprint density at radius 1 is 1.07 bits per heavy atom. The molecule has 0 saturated heterocycles. The van der Waals surface area contributed by atoms with Gasteiger partial charge in [-0.05, 0) is 30.3 Å². The highest BCUT2D eigenvalue weighted by molar-refractivity contribution is 6.39. The number of anilines is 1. The van der Waals surface area contributed by atoms with E-state index in [1.165, 1.54) is 19.2 Å². The standard InChI is InChI=1S/C18H16ClF3N2O4/c1-27-15(13-4-2-3-5-14(13)19)10-23-16(25)17(26)24-11-6-8-12(9-7-11)28-18(20,21)22/h2-9,15H,10H2,1H3,(H,23,25)(H,24,26). The van der Waals surface area contributed by atoms with Crippen LogP contribution < -0.4 is 15.4 Å². The van der Waals surface area contributed by atoms with E-state index in [1.54, 1.807) is 24.3 Å². The van der Waals surface area contributed by atoms with Gasteiger partial charge in [-0.3, -0.25) is 9.59 Å². The molecule has 2 rings (SSSR count). The first kappa shape index (κ1) is 21.5. The molecule has 0 aromatic heterocycles. The van der Waals surface area contributed by atoms with Gasteiger partial charge in [0.2, 0.25) is 0 Å². The van der Waals surface area contributed by atoms with Gasteiger partial charge in [0.1, 0.15) is 11.9 Å². The molecule has 0 spiro atoms. The highest BCUT2D eigenvalue weighted by Crippen LogP contribution is 2.25. The maximum atomic E-state index is 12.1. The predicted molar refractivity (Wildman–Crippen MR) is 96.0 cm³/mol. The highest BCUT2D eigenvalue weighted by atomic mass is 35.5. The fraction of sp³-hybridized carbons (Fsp3) is 0.222. The zero-order valence-electron chi connectivity index (χ0n) is 14.5. The quantitative estimate of drug-likeness (QED) is 0.704. The second-order valence-corrected chi connectivity index (χ2v) is 5.89. The summed E-state index contributed by atoms with van der Waals surface area (Å²) < 4.78 is 45.4. The van der Waals surface area contributed by atoms with Gasteiger partial charge in [-0.15, -0.1) is 13.2 Å². The Morgan fingerprint density at radius 2 is 1.71 bits per heavy atom. The Bertz CT molecular complexity index is 828. The number of nitrogens with one attached hydrogen (secondary N) is 2. The van der Waals surface area contributed by atoms with E-state index >= 15 is 0 Å². The van der Waals surface area contributed by atoms with Crippen LogP contribution in [0.3, 0.4) is 0 Å². The first-order valence-electron chi connectivity index (χ1n) is 7.92. The SMILES string of the molecule is COC(CNC(=O)C(=O)Nc1ccc(OC(F)(F)F)cc1)c1ccccc1Cl. The number of ether oxygens (including phenoxy) is 2. The van der Waals surface area contributed by atoms with Gasteiger partial charge in [0.05, 0.1) is 0 Å². The van der Waals surface area contributed by atoms with E-state index in [0.29, 0.717) is 10.6 Å². The van der Waals surface area contributed by atoms with E-state index in [2.05, 4.69) is 15.4 Å². The van der Waals surface area contributed by atoms with Crippen LogP contribution in [-0.2, 0) is 14.3 Å². The molecule has 0 fully saturated rings. The molecule has 2 N–H and O–H groups in total. The third kappa shape index (κ3) is 6.43. The molecule has 0 bridgehead atoms. The molecule has 0 heterocycles. The summed E-state index contributed by atoms with van der Waals surface area (Å²) >= 11 is 6.08. The van der Waals surface area contributed by atoms with Crippen LogP contribution in [0.2, 0.25) is 5.02 Å². The minimum absolute atomic E-state index is 0.00908. The molecule has 150 valence electrons. The maximum absolute atomic E-state index is 12.1. The molecule has 0 radical (unpaired) electrons. The maximum Gasteiger partial charge on any atom is 0.573 e. The summed E-state index contributed by atoms with van der Waals surface area (Å²) in [4.78, 5) is 23.9. The summed E-state index contributed by atoms with van der Waals surface area (Å²) in [6, 6.07) is 11.3. The lowest BCUT2D eigenvalue weighted by molar-refractivity contribution is -0.274. The Morgan fingerprint density at radius 3 is 2.29 bits per heavy atom. The van der Waals surface area contributed by atoms with Crippen LogP contribution in [-0.4, -0.2) is 31.8 Å². The zero-order valence-corrected chi connectivity index (χ0v) is 15.3. The summed E-state index contributed by atoms with van der Waals surface area (Å²) in [7, 11) is 1.44. The van der Waals surface area contributed by atoms with Gasteiger partial charge in [-0.2, -0.15) is 0 Å². The van der Waals surface area contributed by atoms with Crippen molar-refractivity contribution in [2.24, 2.45) is 0 Å². The molecule has 1 atom stereocenters. The average Bonchev–Trinajstić information content (AvgIpc) is 2.63. The number of hydrogen-bond acceptors (Lipinski definition) is 4. The minimum Gasteiger partial charge on any atom is -0.406 e. The molecule has 2 aromatic carbocycles. The molecule has 6 nitrogen and oxygen atoms in total. The number of halogens is 4. The molecule has 2 aromatic rings. The van der Waals surface area contributed by atoms with E-state index in [9.17, 15) is 22.8 Å². The number of benzene rings is 2. The van der Waals surface area contributed by atoms with Crippen molar-refractivity contribution < 1.29 is 32.2 Å². The summed E-state index contributed by atoms with van der Waals surface area (Å²) in [6.45, 7) is -0.00908. The van der Waals surface area contributed by atoms with E-state index < -0.39 is 30.0 Å². The Kier molecular flexibility index (Phi) is 7.24. The summed E-state index contributed by atoms with van der Waals surface area (Å²) in [5.74, 6) is -2.37. The van der Waals surface area contributed by atoms with Gasteiger partial charge in [-0.1, -0.05) is 29.8 Å². The summed E-state index contributed by atoms with van der Waals surface area (Å²) in [6.07, 6.45) is -5.38. The second kappa shape index (κ2) is 9.43. The molecule has 0 aliphatic heterocycles. The van der Waals surface area contributed by atoms with Crippen LogP contribution in [0.25, 0.3) is 0 Å². The first-order chi connectivity index (χ1) is 13.2. The molecular formula is C18H16ClF3N2O4. The normalized spacial score (nSPS) is 12.2. The fourth-order valence-electron chi connectivity index (χ4n) is 2.25. The van der Waals surface area contributed by atoms with Crippen molar-refractivity contribution in [3.8, 4) is 5.75 Å². The monoisotopic (exact) mass is 416 g/mol. The van der Waals surface area contributed by atoms with Gasteiger partial charge in [0, 0.05) is 29.9 Å². The molecule has 0 aliphatic rings. The molecule has 0 aliphatic carbocycles. The molecule has 0 saturated carbocycles. The van der Waals surface area contributed by atoms with E-state index in [1.807, 2.05) is 0 Å². The number of alkyl halides is 3. The van der Waals surface area contributed by atoms with Crippen LogP contribution in [0.4, 0.5) is 18.9 Å². The van der Waals surface area contributed by atoms with E-state index in [0.717, 1.165) is 12.1 Å². The van der Waals surface area contributed by atoms with Crippen LogP contribution in [0.1, 0.15) is 11.7 Å². The van der Waals surface area contributed by atoms with Crippen molar-refractivity contribution in [1.29, 1.82) is 0 Å². The van der Waals surface area contributed by atoms with Crippen LogP contribution >= 0.6 is 11.6 Å². The predicted octanol–water partition coefficient (Wildman–Crippen LogP) is 3.68. The number of carbonyl (C=O) groups excluding carboxylic acids is 2. The topological polar surface area (TPSA) is 76.7 Å². The number of rotatable bonds is 6. The fourth-order valence-corrected chi connectivity index (χ4v) is 2.51. The Balaban J connectivity index is 1.90. The highest BCUT2D eigenvalue weighted by Gasteiger charge is 2.31. The second-order valence-electron chi connectivity index (χ2n) is 5.48. The van der Waals surface area contributed by atoms with E-state index in [-0.39, 0.29) is 12.2 Å². The van der Waals surface area contributed by atoms with Crippen molar-refractivity contribution in [3.63, 3.8) is 0 Å². The van der Waals surface area contributed by atoms with Crippen molar-refractivity contribution in [2.45, 2.75) is 12.5 Å². The lowest BCUT2D eigenvalue weighted by atomic mass is 10.1. The lowest BCUT2D eigenvalue weighted by Gasteiger charge is -2.17. The molecule has 2 amide bonds. The average molecular weight is 417 g/mol. The van der Waals surface area contributed by atoms with Crippen molar-refractivity contribution in [2.75, 3.05) is 19.0 Å². The number of carbonyl (C=O) groups is 2. The number of hydrogen-bond donors (Lipinski definition) is 2. The van der Waals surface area contributed by atoms with Crippen molar-refractivity contribution >= 4 is 29.1 Å². The number of amides is 2. The van der Waals surface area contributed by atoms with Crippen LogP contribution in [0.5, 0.6) is 5.75 Å². The van der Waals surface area contributed by atoms with Crippen LogP contribution in [0, 0.1) is 0 Å². The summed E-state index contributed by atoms with van der Waals surface area (Å²) in [5, 5.41) is 5.14. The lowest BCUT2D eigenvalue weighted by Crippen LogP contribution is -2.38. The number of methoxy groups -OCH3 is 1. The molecular weight excluding hydrogens is 401 g/mol. The van der Waals surface area contributed by atoms with Gasteiger partial charge in [0.25, 0.3) is 0 Å². The summed E-state index contributed by atoms with van der Waals surface area (Å²) in [5.41, 5.74) is 0.775. The molecule has 1 unspecified atom stereocenters. The smallest absolute Gasteiger partial charge is 0.406 e. The molecule has 28 heavy (non-hydrogen) atoms. The van der Waals surface area contributed by atoms with Crippen LogP contribution in [0.15, 0.2) is 48.5 Å². The van der Waals surface area contributed by atoms with Crippen molar-refractivity contribution in [1.82, 2.24) is 5.32 Å². The third-order valence-electron chi connectivity index (χ3n) is 3.54. The van der Waals surface area contributed by atoms with Gasteiger partial charge < -0.3 is 20.1 Å². The Labute approximate surface area is 163 Å². The van der Waals surface area contributed by atoms with Gasteiger partial charge >= 0.3 is 18.2 Å². The molecule has 10 heteroatoms. The zero-order chi connectivity index (χ0) is 20.7. The van der Waals surface area contributed by atoms with E-state index in [4.69, 9.17) is 16.3 Å². The van der Waals surface area contributed by atoms with Gasteiger partial charge in [0.15, 0.2) is 0 Å².